The summed E-state index contributed by atoms with van der Waals surface area (Å²) < 4.78 is 36.4. The molecule has 27 heavy (non-hydrogen) atoms. The molecule has 1 aromatic rings. The van der Waals surface area contributed by atoms with Crippen LogP contribution in [0.3, 0.4) is 0 Å². The van der Waals surface area contributed by atoms with Crippen molar-refractivity contribution in [3.05, 3.63) is 30.1 Å². The van der Waals surface area contributed by atoms with Gasteiger partial charge in [-0.1, -0.05) is 6.07 Å². The Balaban J connectivity index is 0.00000676. The fourth-order valence-electron chi connectivity index (χ4n) is 1.47. The van der Waals surface area contributed by atoms with E-state index in [1.54, 1.807) is 31.3 Å². The Morgan fingerprint density at radius 2 is 1.70 bits per heavy atom. The van der Waals surface area contributed by atoms with E-state index in [4.69, 9.17) is 12.6 Å². The van der Waals surface area contributed by atoms with Crippen LogP contribution in [0.25, 0.3) is 0 Å². The van der Waals surface area contributed by atoms with Gasteiger partial charge in [0.05, 0.1) is 11.4 Å². The minimum absolute atomic E-state index is 0. The largest absolute Gasteiger partial charge is 2.00 e. The molecule has 0 unspecified atom stereocenters. The van der Waals surface area contributed by atoms with Crippen LogP contribution in [0.2, 0.25) is 0 Å². The molecule has 0 fully saturated rings. The van der Waals surface area contributed by atoms with Gasteiger partial charge in [-0.25, -0.2) is 0 Å². The van der Waals surface area contributed by atoms with Crippen molar-refractivity contribution in [2.75, 3.05) is 13.1 Å². The van der Waals surface area contributed by atoms with Crippen molar-refractivity contribution in [1.82, 2.24) is 15.6 Å². The summed E-state index contributed by atoms with van der Waals surface area (Å²) in [6, 6.07) is 5.12. The molecule has 0 bridgehead atoms. The second-order valence-corrected chi connectivity index (χ2v) is 5.43. The molecule has 0 aliphatic rings. The van der Waals surface area contributed by atoms with E-state index in [0.29, 0.717) is 12.2 Å². The first-order valence-corrected chi connectivity index (χ1v) is 8.12. The van der Waals surface area contributed by atoms with Crippen LogP contribution < -0.4 is 10.6 Å². The van der Waals surface area contributed by atoms with Gasteiger partial charge in [0.1, 0.15) is 12.3 Å². The molecule has 1 radical (unpaired) electrons. The van der Waals surface area contributed by atoms with Gasteiger partial charge in [-0.15, -0.1) is 5.10 Å². The first kappa shape index (κ1) is 25.2. The van der Waals surface area contributed by atoms with Gasteiger partial charge in [-0.05, 0) is 36.3 Å². The Labute approximate surface area is 176 Å². The molecule has 1 heterocycles. The van der Waals surface area contributed by atoms with Gasteiger partial charge < -0.3 is 35.9 Å². The quantitative estimate of drug-likeness (QED) is 0.219. The first-order valence-electron chi connectivity index (χ1n) is 7.31. The topological polar surface area (TPSA) is 86.4 Å². The summed E-state index contributed by atoms with van der Waals surface area (Å²) >= 11 is 9.67. The molecule has 1 aromatic heterocycles. The Hall–Kier alpha value is -1.82. The van der Waals surface area contributed by atoms with Crippen LogP contribution >= 0.6 is 0 Å². The number of hydrogen-bond donors (Lipinski definition) is 2. The number of alkyl halides is 3. The average Bonchev–Trinajstić information content (AvgIpc) is 2.59. The Morgan fingerprint density at radius 3 is 2.26 bits per heavy atom. The van der Waals surface area contributed by atoms with E-state index in [2.05, 4.69) is 43.3 Å². The van der Waals surface area contributed by atoms with Crippen LogP contribution in [0.4, 0.5) is 13.2 Å². The molecule has 13 heteroatoms. The SMILES string of the molecule is CCNC([S-])=NN=C(C(C)=NN=C([S-])NCC(F)(F)F)c1ccccn1.[Cu+2]. The number of pyridine rings is 1. The van der Waals surface area contributed by atoms with Crippen molar-refractivity contribution < 1.29 is 30.2 Å². The fourth-order valence-corrected chi connectivity index (χ4v) is 1.77. The third-order valence-corrected chi connectivity index (χ3v) is 3.00. The predicted molar refractivity (Wildman–Crippen MR) is 101 cm³/mol. The summed E-state index contributed by atoms with van der Waals surface area (Å²) in [6.07, 6.45) is -2.85. The molecular formula is C14H16CuF3N7S2. The van der Waals surface area contributed by atoms with Crippen LogP contribution in [0.15, 0.2) is 44.8 Å². The number of rotatable bonds is 6. The number of hydrogen-bond acceptors (Lipinski definition) is 7. The van der Waals surface area contributed by atoms with E-state index >= 15 is 0 Å². The number of aromatic nitrogens is 1. The van der Waals surface area contributed by atoms with Crippen molar-refractivity contribution in [2.45, 2.75) is 20.0 Å². The van der Waals surface area contributed by atoms with Gasteiger partial charge in [-0.3, -0.25) is 4.98 Å². The molecule has 2 N–H and O–H groups in total. The zero-order chi connectivity index (χ0) is 19.6. The van der Waals surface area contributed by atoms with Crippen molar-refractivity contribution >= 4 is 47.0 Å². The molecular weight excluding hydrogens is 451 g/mol. The number of amidine groups is 2. The fraction of sp³-hybridized carbons (Fsp3) is 0.357. The molecule has 0 saturated carbocycles. The molecule has 1 rings (SSSR count). The summed E-state index contributed by atoms with van der Waals surface area (Å²) in [7, 11) is 0. The molecule has 0 atom stereocenters. The van der Waals surface area contributed by atoms with Crippen LogP contribution in [0.5, 0.6) is 0 Å². The normalized spacial score (nSPS) is 13.8. The van der Waals surface area contributed by atoms with Crippen molar-refractivity contribution in [3.63, 3.8) is 0 Å². The first-order chi connectivity index (χ1) is 12.2. The monoisotopic (exact) mass is 466 g/mol. The van der Waals surface area contributed by atoms with Gasteiger partial charge in [0.25, 0.3) is 0 Å². The summed E-state index contributed by atoms with van der Waals surface area (Å²) in [5.74, 6) is 0. The summed E-state index contributed by atoms with van der Waals surface area (Å²) in [5, 5.41) is 19.7. The minimum Gasteiger partial charge on any atom is -0.741 e. The molecule has 7 nitrogen and oxygen atoms in total. The molecule has 0 aromatic carbocycles. The van der Waals surface area contributed by atoms with Gasteiger partial charge in [0.15, 0.2) is 0 Å². The summed E-state index contributed by atoms with van der Waals surface area (Å²) in [4.78, 5) is 4.15. The number of nitrogens with zero attached hydrogens (tertiary/aromatic N) is 5. The van der Waals surface area contributed by atoms with E-state index < -0.39 is 17.9 Å². The molecule has 0 saturated heterocycles. The van der Waals surface area contributed by atoms with Crippen LogP contribution in [-0.2, 0) is 42.3 Å². The molecule has 151 valence electrons. The maximum Gasteiger partial charge on any atom is 2.00 e. The van der Waals surface area contributed by atoms with Crippen LogP contribution in [0.1, 0.15) is 19.5 Å². The van der Waals surface area contributed by atoms with E-state index in [1.807, 2.05) is 12.2 Å². The second kappa shape index (κ2) is 12.5. The van der Waals surface area contributed by atoms with Gasteiger partial charge >= 0.3 is 23.2 Å². The van der Waals surface area contributed by atoms with E-state index in [0.717, 1.165) is 0 Å². The van der Waals surface area contributed by atoms with Crippen molar-refractivity contribution in [3.8, 4) is 0 Å². The van der Waals surface area contributed by atoms with Gasteiger partial charge in [0, 0.05) is 12.7 Å². The maximum atomic E-state index is 12.1. The second-order valence-electron chi connectivity index (χ2n) is 4.66. The summed E-state index contributed by atoms with van der Waals surface area (Å²) in [6.45, 7) is 2.69. The van der Waals surface area contributed by atoms with E-state index in [1.165, 1.54) is 0 Å². The minimum atomic E-state index is -4.40. The summed E-state index contributed by atoms with van der Waals surface area (Å²) in [5.41, 5.74) is 0.956. The van der Waals surface area contributed by atoms with Crippen molar-refractivity contribution in [1.29, 1.82) is 0 Å². The molecule has 0 amide bonds. The maximum absolute atomic E-state index is 12.1. The van der Waals surface area contributed by atoms with Gasteiger partial charge in [0.2, 0.25) is 0 Å². The zero-order valence-electron chi connectivity index (χ0n) is 14.2. The van der Waals surface area contributed by atoms with Crippen LogP contribution in [0, 0.1) is 0 Å². The Kier molecular flexibility index (Phi) is 11.7. The number of halogens is 3. The zero-order valence-corrected chi connectivity index (χ0v) is 16.8. The molecule has 0 spiro atoms. The molecule has 0 aliphatic heterocycles. The standard InChI is InChI=1S/C14H18F3N7S2.Cu/c1-3-18-12(25)24-22-11(10-6-4-5-7-19-10)9(2)21-23-13(26)20-8-14(15,16)17;/h4-7H,3,8H2,1-2H3,(H2,18,24,25)(H2,20,23,26);/q;+2/p-2. The predicted octanol–water partition coefficient (Wildman–Crippen LogP) is 1.73. The van der Waals surface area contributed by atoms with E-state index in [-0.39, 0.29) is 33.7 Å². The van der Waals surface area contributed by atoms with Crippen LogP contribution in [-0.4, -0.2) is 46.0 Å². The van der Waals surface area contributed by atoms with Gasteiger partial charge in [-0.2, -0.15) is 28.5 Å². The number of nitrogens with one attached hydrogen (secondary N) is 2. The third-order valence-electron chi connectivity index (χ3n) is 2.55. The van der Waals surface area contributed by atoms with Crippen molar-refractivity contribution in [2.24, 2.45) is 20.4 Å². The smallest absolute Gasteiger partial charge is 0.741 e. The third kappa shape index (κ3) is 10.8. The van der Waals surface area contributed by atoms with E-state index in [9.17, 15) is 13.2 Å². The molecule has 0 aliphatic carbocycles. The Morgan fingerprint density at radius 1 is 1.07 bits per heavy atom. The average molecular weight is 467 g/mol. The Bertz CT molecular complexity index is 706.